The van der Waals surface area contributed by atoms with Gasteiger partial charge in [0.25, 0.3) is 0 Å². The predicted molar refractivity (Wildman–Crippen MR) is 80.1 cm³/mol. The average Bonchev–Trinajstić information content (AvgIpc) is 2.42. The Kier molecular flexibility index (Phi) is 4.51. The molecule has 18 heavy (non-hydrogen) atoms. The summed E-state index contributed by atoms with van der Waals surface area (Å²) in [7, 11) is 0. The number of benzene rings is 2. The fraction of sp³-hybridized carbons (Fsp3) is 0.200. The standard InChI is InChI=1S/C15H15Cl2N/c1-2-18(13-6-4-3-5-7-13)15-9-8-12(11-16)10-14(15)17/h3-10H,2,11H2,1H3. The van der Waals surface area contributed by atoms with Gasteiger partial charge in [0, 0.05) is 18.1 Å². The van der Waals surface area contributed by atoms with Crippen LogP contribution in [0.15, 0.2) is 48.5 Å². The minimum absolute atomic E-state index is 0.484. The monoisotopic (exact) mass is 279 g/mol. The molecule has 94 valence electrons. The average molecular weight is 280 g/mol. The van der Waals surface area contributed by atoms with E-state index in [1.54, 1.807) is 0 Å². The van der Waals surface area contributed by atoms with Crippen LogP contribution in [0, 0.1) is 0 Å². The van der Waals surface area contributed by atoms with Gasteiger partial charge in [-0.1, -0.05) is 35.9 Å². The number of para-hydroxylation sites is 1. The van der Waals surface area contributed by atoms with Gasteiger partial charge in [0.15, 0.2) is 0 Å². The van der Waals surface area contributed by atoms with Crippen LogP contribution in [0.4, 0.5) is 11.4 Å². The van der Waals surface area contributed by atoms with Gasteiger partial charge in [-0.2, -0.15) is 0 Å². The van der Waals surface area contributed by atoms with Crippen LogP contribution < -0.4 is 4.90 Å². The lowest BCUT2D eigenvalue weighted by molar-refractivity contribution is 1.02. The molecule has 0 saturated carbocycles. The first-order chi connectivity index (χ1) is 8.76. The lowest BCUT2D eigenvalue weighted by Crippen LogP contribution is -2.16. The minimum Gasteiger partial charge on any atom is -0.341 e. The molecule has 0 radical (unpaired) electrons. The molecule has 0 aliphatic rings. The maximum atomic E-state index is 6.33. The Balaban J connectivity index is 2.39. The highest BCUT2D eigenvalue weighted by molar-refractivity contribution is 6.33. The Morgan fingerprint density at radius 3 is 2.33 bits per heavy atom. The van der Waals surface area contributed by atoms with Gasteiger partial charge in [0.2, 0.25) is 0 Å². The van der Waals surface area contributed by atoms with Crippen LogP contribution in [0.1, 0.15) is 12.5 Å². The number of rotatable bonds is 4. The first kappa shape index (κ1) is 13.3. The smallest absolute Gasteiger partial charge is 0.0646 e. The van der Waals surface area contributed by atoms with Gasteiger partial charge >= 0.3 is 0 Å². The Hall–Kier alpha value is -1.18. The number of alkyl halides is 1. The highest BCUT2D eigenvalue weighted by Crippen LogP contribution is 2.32. The van der Waals surface area contributed by atoms with Crippen LogP contribution in [-0.2, 0) is 5.88 Å². The van der Waals surface area contributed by atoms with Crippen LogP contribution in [0.2, 0.25) is 5.02 Å². The molecule has 0 heterocycles. The van der Waals surface area contributed by atoms with E-state index in [1.807, 2.05) is 36.4 Å². The van der Waals surface area contributed by atoms with Crippen LogP contribution in [-0.4, -0.2) is 6.54 Å². The minimum atomic E-state index is 0.484. The van der Waals surface area contributed by atoms with E-state index >= 15 is 0 Å². The quantitative estimate of drug-likeness (QED) is 0.692. The molecule has 1 nitrogen and oxygen atoms in total. The second-order valence-corrected chi connectivity index (χ2v) is 4.67. The number of nitrogens with zero attached hydrogens (tertiary/aromatic N) is 1. The molecule has 0 unspecified atom stereocenters. The van der Waals surface area contributed by atoms with E-state index < -0.39 is 0 Å². The number of halogens is 2. The normalized spacial score (nSPS) is 10.4. The van der Waals surface area contributed by atoms with Crippen LogP contribution in [0.3, 0.4) is 0 Å². The third kappa shape index (κ3) is 2.80. The molecule has 2 rings (SSSR count). The molecule has 0 aromatic heterocycles. The van der Waals surface area contributed by atoms with Gasteiger partial charge < -0.3 is 4.90 Å². The molecular weight excluding hydrogens is 265 g/mol. The highest BCUT2D eigenvalue weighted by Gasteiger charge is 2.10. The van der Waals surface area contributed by atoms with E-state index in [1.165, 1.54) is 0 Å². The van der Waals surface area contributed by atoms with Gasteiger partial charge in [-0.15, -0.1) is 11.6 Å². The molecule has 2 aromatic carbocycles. The zero-order chi connectivity index (χ0) is 13.0. The summed E-state index contributed by atoms with van der Waals surface area (Å²) in [6.45, 7) is 2.97. The van der Waals surface area contributed by atoms with Crippen molar-refractivity contribution < 1.29 is 0 Å². The number of hydrogen-bond donors (Lipinski definition) is 0. The molecule has 0 aliphatic heterocycles. The Morgan fingerprint density at radius 2 is 1.78 bits per heavy atom. The van der Waals surface area contributed by atoms with Crippen molar-refractivity contribution >= 4 is 34.6 Å². The second-order valence-electron chi connectivity index (χ2n) is 4.00. The Morgan fingerprint density at radius 1 is 1.06 bits per heavy atom. The summed E-state index contributed by atoms with van der Waals surface area (Å²) in [5.41, 5.74) is 3.19. The van der Waals surface area contributed by atoms with Crippen LogP contribution in [0.5, 0.6) is 0 Å². The first-order valence-electron chi connectivity index (χ1n) is 5.93. The van der Waals surface area contributed by atoms with E-state index in [-0.39, 0.29) is 0 Å². The summed E-state index contributed by atoms with van der Waals surface area (Å²) in [6, 6.07) is 16.2. The third-order valence-electron chi connectivity index (χ3n) is 2.84. The molecular formula is C15H15Cl2N. The summed E-state index contributed by atoms with van der Waals surface area (Å²) in [5.74, 6) is 0.484. The van der Waals surface area contributed by atoms with Gasteiger partial charge in [-0.3, -0.25) is 0 Å². The fourth-order valence-electron chi connectivity index (χ4n) is 1.95. The lowest BCUT2D eigenvalue weighted by Gasteiger charge is -2.24. The Bertz CT molecular complexity index is 511. The van der Waals surface area contributed by atoms with Crippen LogP contribution in [0.25, 0.3) is 0 Å². The summed E-state index contributed by atoms with van der Waals surface area (Å²) in [6.07, 6.45) is 0. The second kappa shape index (κ2) is 6.12. The van der Waals surface area contributed by atoms with Crippen molar-refractivity contribution in [3.63, 3.8) is 0 Å². The zero-order valence-electron chi connectivity index (χ0n) is 10.2. The molecule has 2 aromatic rings. The summed E-state index contributed by atoms with van der Waals surface area (Å²) in [5, 5.41) is 0.735. The van der Waals surface area contributed by atoms with Crippen molar-refractivity contribution in [1.82, 2.24) is 0 Å². The van der Waals surface area contributed by atoms with Gasteiger partial charge in [0.05, 0.1) is 10.7 Å². The van der Waals surface area contributed by atoms with Gasteiger partial charge in [0.1, 0.15) is 0 Å². The van der Waals surface area contributed by atoms with Crippen molar-refractivity contribution in [1.29, 1.82) is 0 Å². The summed E-state index contributed by atoms with van der Waals surface area (Å²) >= 11 is 12.1. The summed E-state index contributed by atoms with van der Waals surface area (Å²) < 4.78 is 0. The third-order valence-corrected chi connectivity index (χ3v) is 3.45. The maximum absolute atomic E-state index is 6.33. The summed E-state index contributed by atoms with van der Waals surface area (Å²) in [4.78, 5) is 2.18. The van der Waals surface area contributed by atoms with E-state index in [0.717, 1.165) is 28.5 Å². The largest absolute Gasteiger partial charge is 0.341 e. The lowest BCUT2D eigenvalue weighted by atomic mass is 10.2. The molecule has 0 atom stereocenters. The molecule has 0 fully saturated rings. The molecule has 0 aliphatic carbocycles. The van der Waals surface area contributed by atoms with E-state index in [4.69, 9.17) is 23.2 Å². The highest BCUT2D eigenvalue weighted by atomic mass is 35.5. The van der Waals surface area contributed by atoms with Crippen molar-refractivity contribution in [2.75, 3.05) is 11.4 Å². The molecule has 0 saturated heterocycles. The van der Waals surface area contributed by atoms with E-state index in [0.29, 0.717) is 5.88 Å². The zero-order valence-corrected chi connectivity index (χ0v) is 11.7. The Labute approximate surface area is 118 Å². The fourth-order valence-corrected chi connectivity index (χ4v) is 2.42. The van der Waals surface area contributed by atoms with Crippen molar-refractivity contribution in [2.45, 2.75) is 12.8 Å². The molecule has 0 N–H and O–H groups in total. The van der Waals surface area contributed by atoms with Crippen molar-refractivity contribution in [3.8, 4) is 0 Å². The molecule has 0 amide bonds. The molecule has 3 heteroatoms. The van der Waals surface area contributed by atoms with Crippen molar-refractivity contribution in [2.24, 2.45) is 0 Å². The predicted octanol–water partition coefficient (Wildman–Crippen LogP) is 5.24. The van der Waals surface area contributed by atoms with E-state index in [9.17, 15) is 0 Å². The first-order valence-corrected chi connectivity index (χ1v) is 6.84. The number of hydrogen-bond acceptors (Lipinski definition) is 1. The van der Waals surface area contributed by atoms with E-state index in [2.05, 4.69) is 24.0 Å². The maximum Gasteiger partial charge on any atom is 0.0646 e. The molecule has 0 bridgehead atoms. The van der Waals surface area contributed by atoms with Crippen molar-refractivity contribution in [3.05, 3.63) is 59.1 Å². The SMILES string of the molecule is CCN(c1ccccc1)c1ccc(CCl)cc1Cl. The topological polar surface area (TPSA) is 3.24 Å². The van der Waals surface area contributed by atoms with Crippen LogP contribution >= 0.6 is 23.2 Å². The van der Waals surface area contributed by atoms with Gasteiger partial charge in [-0.25, -0.2) is 0 Å². The number of anilines is 2. The van der Waals surface area contributed by atoms with Gasteiger partial charge in [-0.05, 0) is 36.8 Å². The molecule has 0 spiro atoms.